The van der Waals surface area contributed by atoms with Crippen LogP contribution in [0.5, 0.6) is 0 Å². The highest BCUT2D eigenvalue weighted by Crippen LogP contribution is 2.31. The molecular weight excluding hydrogens is 331 g/mol. The summed E-state index contributed by atoms with van der Waals surface area (Å²) in [6.45, 7) is 2.13. The van der Waals surface area contributed by atoms with Crippen LogP contribution < -0.4 is 5.32 Å². The fraction of sp³-hybridized carbons (Fsp3) is 0.235. The van der Waals surface area contributed by atoms with E-state index in [0.717, 1.165) is 9.87 Å². The molecule has 3 rings (SSSR count). The topological polar surface area (TPSA) is 66.5 Å². The quantitative estimate of drug-likeness (QED) is 0.923. The molecule has 5 nitrogen and oxygen atoms in total. The lowest BCUT2D eigenvalue weighted by Gasteiger charge is -2.34. The van der Waals surface area contributed by atoms with Gasteiger partial charge in [-0.05, 0) is 25.1 Å². The van der Waals surface area contributed by atoms with Gasteiger partial charge in [-0.3, -0.25) is 4.79 Å². The molecule has 1 N–H and O–H groups in total. The van der Waals surface area contributed by atoms with Gasteiger partial charge in [0.2, 0.25) is 15.9 Å². The number of nitrogens with zero attached hydrogens (tertiary/aromatic N) is 1. The van der Waals surface area contributed by atoms with E-state index < -0.39 is 27.8 Å². The Morgan fingerprint density at radius 3 is 2.46 bits per heavy atom. The van der Waals surface area contributed by atoms with Crippen molar-refractivity contribution >= 4 is 15.9 Å². The monoisotopic (exact) mass is 348 g/mol. The molecule has 1 atom stereocenters. The van der Waals surface area contributed by atoms with Crippen molar-refractivity contribution in [2.75, 3.05) is 13.1 Å². The van der Waals surface area contributed by atoms with Crippen LogP contribution in [-0.4, -0.2) is 31.7 Å². The lowest BCUT2D eigenvalue weighted by molar-refractivity contribution is -0.127. The van der Waals surface area contributed by atoms with Crippen molar-refractivity contribution in [2.24, 2.45) is 0 Å². The molecule has 1 heterocycles. The molecule has 24 heavy (non-hydrogen) atoms. The smallest absolute Gasteiger partial charge is 0.244 e. The molecule has 0 bridgehead atoms. The minimum absolute atomic E-state index is 0.0467. The van der Waals surface area contributed by atoms with Crippen LogP contribution in [0.25, 0.3) is 0 Å². The van der Waals surface area contributed by atoms with Crippen molar-refractivity contribution in [1.29, 1.82) is 0 Å². The van der Waals surface area contributed by atoms with Crippen LogP contribution in [0.4, 0.5) is 4.39 Å². The van der Waals surface area contributed by atoms with E-state index in [0.29, 0.717) is 0 Å². The molecule has 1 fully saturated rings. The van der Waals surface area contributed by atoms with Gasteiger partial charge in [-0.25, -0.2) is 12.8 Å². The van der Waals surface area contributed by atoms with Crippen LogP contribution in [0, 0.1) is 12.7 Å². The largest absolute Gasteiger partial charge is 0.353 e. The van der Waals surface area contributed by atoms with Gasteiger partial charge in [-0.1, -0.05) is 35.9 Å². The van der Waals surface area contributed by atoms with E-state index in [4.69, 9.17) is 0 Å². The zero-order valence-electron chi connectivity index (χ0n) is 13.1. The van der Waals surface area contributed by atoms with Crippen molar-refractivity contribution in [2.45, 2.75) is 17.9 Å². The first-order chi connectivity index (χ1) is 11.4. The second-order valence-electron chi connectivity index (χ2n) is 5.64. The molecule has 1 aliphatic heterocycles. The summed E-state index contributed by atoms with van der Waals surface area (Å²) < 4.78 is 41.2. The Morgan fingerprint density at radius 1 is 1.12 bits per heavy atom. The molecule has 1 unspecified atom stereocenters. The highest BCUT2D eigenvalue weighted by atomic mass is 32.2. The SMILES string of the molecule is Cc1ccc(S(=O)(=O)N2CCNC(=O)C2c2ccccc2F)cc1. The Bertz CT molecular complexity index is 866. The summed E-state index contributed by atoms with van der Waals surface area (Å²) in [4.78, 5) is 12.4. The van der Waals surface area contributed by atoms with Gasteiger partial charge in [-0.15, -0.1) is 0 Å². The number of hydrogen-bond donors (Lipinski definition) is 1. The van der Waals surface area contributed by atoms with E-state index in [2.05, 4.69) is 5.32 Å². The number of amides is 1. The highest BCUT2D eigenvalue weighted by Gasteiger charge is 2.40. The summed E-state index contributed by atoms with van der Waals surface area (Å²) in [6, 6.07) is 10.9. The molecule has 2 aromatic rings. The highest BCUT2D eigenvalue weighted by molar-refractivity contribution is 7.89. The maximum atomic E-state index is 14.2. The van der Waals surface area contributed by atoms with Gasteiger partial charge in [0, 0.05) is 18.7 Å². The Morgan fingerprint density at radius 2 is 1.79 bits per heavy atom. The van der Waals surface area contributed by atoms with E-state index in [1.165, 1.54) is 30.3 Å². The molecule has 0 spiro atoms. The molecule has 2 aromatic carbocycles. The van der Waals surface area contributed by atoms with Gasteiger partial charge in [0.15, 0.2) is 0 Å². The third-order valence-electron chi connectivity index (χ3n) is 4.00. The zero-order valence-corrected chi connectivity index (χ0v) is 13.9. The Hall–Kier alpha value is -2.25. The number of rotatable bonds is 3. The number of piperazine rings is 1. The molecule has 126 valence electrons. The molecule has 1 aliphatic rings. The average molecular weight is 348 g/mol. The summed E-state index contributed by atoms with van der Waals surface area (Å²) in [5.74, 6) is -1.13. The van der Waals surface area contributed by atoms with Crippen molar-refractivity contribution in [3.8, 4) is 0 Å². The van der Waals surface area contributed by atoms with Gasteiger partial charge in [0.1, 0.15) is 11.9 Å². The summed E-state index contributed by atoms with van der Waals surface area (Å²) in [5, 5.41) is 2.61. The van der Waals surface area contributed by atoms with Crippen molar-refractivity contribution in [3.05, 3.63) is 65.5 Å². The Labute approximate surface area is 140 Å². The maximum absolute atomic E-state index is 14.2. The van der Waals surface area contributed by atoms with Gasteiger partial charge in [-0.2, -0.15) is 4.31 Å². The lowest BCUT2D eigenvalue weighted by atomic mass is 10.0. The van der Waals surface area contributed by atoms with Crippen LogP contribution >= 0.6 is 0 Å². The molecule has 0 aliphatic carbocycles. The van der Waals surface area contributed by atoms with Gasteiger partial charge >= 0.3 is 0 Å². The van der Waals surface area contributed by atoms with E-state index in [-0.39, 0.29) is 23.5 Å². The van der Waals surface area contributed by atoms with Crippen LogP contribution in [0.3, 0.4) is 0 Å². The summed E-state index contributed by atoms with van der Waals surface area (Å²) >= 11 is 0. The Balaban J connectivity index is 2.08. The van der Waals surface area contributed by atoms with Gasteiger partial charge in [0.05, 0.1) is 4.90 Å². The van der Waals surface area contributed by atoms with E-state index in [1.54, 1.807) is 18.2 Å². The molecule has 0 aromatic heterocycles. The van der Waals surface area contributed by atoms with Crippen LogP contribution in [0.2, 0.25) is 0 Å². The second kappa shape index (κ2) is 6.33. The van der Waals surface area contributed by atoms with Crippen LogP contribution in [-0.2, 0) is 14.8 Å². The second-order valence-corrected chi connectivity index (χ2v) is 7.53. The van der Waals surface area contributed by atoms with Crippen molar-refractivity contribution < 1.29 is 17.6 Å². The molecule has 1 saturated heterocycles. The minimum atomic E-state index is -3.92. The number of halogens is 1. The standard InChI is InChI=1S/C17H17FN2O3S/c1-12-6-8-13(9-7-12)24(22,23)20-11-10-19-17(21)16(20)14-4-2-3-5-15(14)18/h2-9,16H,10-11H2,1H3,(H,19,21). The van der Waals surface area contributed by atoms with E-state index >= 15 is 0 Å². The number of nitrogens with one attached hydrogen (secondary N) is 1. The predicted molar refractivity (Wildman–Crippen MR) is 87.2 cm³/mol. The van der Waals surface area contributed by atoms with E-state index in [9.17, 15) is 17.6 Å². The number of aryl methyl sites for hydroxylation is 1. The molecule has 7 heteroatoms. The van der Waals surface area contributed by atoms with Gasteiger partial charge < -0.3 is 5.32 Å². The van der Waals surface area contributed by atoms with Crippen molar-refractivity contribution in [1.82, 2.24) is 9.62 Å². The Kier molecular flexibility index (Phi) is 4.38. The maximum Gasteiger partial charge on any atom is 0.244 e. The molecule has 0 radical (unpaired) electrons. The van der Waals surface area contributed by atoms with Crippen LogP contribution in [0.15, 0.2) is 53.4 Å². The summed E-state index contributed by atoms with van der Waals surface area (Å²) in [7, 11) is -3.92. The summed E-state index contributed by atoms with van der Waals surface area (Å²) in [5.41, 5.74) is 0.973. The normalized spacial score (nSPS) is 19.1. The fourth-order valence-electron chi connectivity index (χ4n) is 2.74. The number of hydrogen-bond acceptors (Lipinski definition) is 3. The third kappa shape index (κ3) is 2.92. The molecule has 0 saturated carbocycles. The summed E-state index contributed by atoms with van der Waals surface area (Å²) in [6.07, 6.45) is 0. The number of benzene rings is 2. The third-order valence-corrected chi connectivity index (χ3v) is 5.87. The molecular formula is C17H17FN2O3S. The van der Waals surface area contributed by atoms with Crippen LogP contribution in [0.1, 0.15) is 17.2 Å². The van der Waals surface area contributed by atoms with E-state index in [1.807, 2.05) is 6.92 Å². The number of carbonyl (C=O) groups excluding carboxylic acids is 1. The fourth-order valence-corrected chi connectivity index (χ4v) is 4.31. The lowest BCUT2D eigenvalue weighted by Crippen LogP contribution is -2.52. The molecule has 1 amide bonds. The first kappa shape index (κ1) is 16.6. The van der Waals surface area contributed by atoms with Gasteiger partial charge in [0.25, 0.3) is 0 Å². The minimum Gasteiger partial charge on any atom is -0.353 e. The predicted octanol–water partition coefficient (Wildman–Crippen LogP) is 2.00. The zero-order chi connectivity index (χ0) is 17.3. The average Bonchev–Trinajstić information content (AvgIpc) is 2.56. The number of carbonyl (C=O) groups is 1. The van der Waals surface area contributed by atoms with Crippen molar-refractivity contribution in [3.63, 3.8) is 0 Å². The first-order valence-corrected chi connectivity index (χ1v) is 8.96. The number of sulfonamides is 1. The first-order valence-electron chi connectivity index (χ1n) is 7.52.